The van der Waals surface area contributed by atoms with Gasteiger partial charge < -0.3 is 4.42 Å². The van der Waals surface area contributed by atoms with E-state index in [0.717, 1.165) is 27.3 Å². The second kappa shape index (κ2) is 10.2. The largest absolute Gasteiger partial charge is 0.455 e. The Morgan fingerprint density at radius 2 is 1.02 bits per heavy atom. The van der Waals surface area contributed by atoms with Crippen LogP contribution in [-0.4, -0.2) is 0 Å². The van der Waals surface area contributed by atoms with Crippen LogP contribution in [0.25, 0.3) is 88.0 Å². The first-order valence-electron chi connectivity index (χ1n) is 18.1. The Morgan fingerprint density at radius 3 is 1.83 bits per heavy atom. The van der Waals surface area contributed by atoms with Crippen LogP contribution in [0.15, 0.2) is 186 Å². The molecule has 0 fully saturated rings. The van der Waals surface area contributed by atoms with Gasteiger partial charge in [-0.15, -0.1) is 0 Å². The summed E-state index contributed by atoms with van der Waals surface area (Å²) in [6, 6.07) is 67.3. The third-order valence-electron chi connectivity index (χ3n) is 11.9. The SMILES string of the molecule is c1ccc(-c2c3c(cc4ccccc24)C2(c4ccccc4-c4ccccc42)c2cc(-c4cccc5oc6c7ccccc7ccc6c45)ccc2-3)cc1. The minimum atomic E-state index is -0.482. The molecule has 2 aliphatic rings. The fraction of sp³-hybridized carbons (Fsp3) is 0.0196. The molecule has 0 atom stereocenters. The van der Waals surface area contributed by atoms with Crippen molar-refractivity contribution in [3.05, 3.63) is 204 Å². The number of hydrogen-bond acceptors (Lipinski definition) is 1. The van der Waals surface area contributed by atoms with Gasteiger partial charge in [0.2, 0.25) is 0 Å². The van der Waals surface area contributed by atoms with Crippen molar-refractivity contribution in [2.75, 3.05) is 0 Å². The molecule has 1 nitrogen and oxygen atoms in total. The Hall–Kier alpha value is -6.70. The van der Waals surface area contributed by atoms with Crippen LogP contribution in [0.4, 0.5) is 0 Å². The smallest absolute Gasteiger partial charge is 0.143 e. The maximum absolute atomic E-state index is 6.67. The molecular formula is C51H30O. The first kappa shape index (κ1) is 28.0. The monoisotopic (exact) mass is 658 g/mol. The second-order valence-corrected chi connectivity index (χ2v) is 14.3. The summed E-state index contributed by atoms with van der Waals surface area (Å²) in [5.41, 5.74) is 16.9. The minimum absolute atomic E-state index is 0.482. The van der Waals surface area contributed by atoms with E-state index < -0.39 is 5.41 Å². The summed E-state index contributed by atoms with van der Waals surface area (Å²) in [5, 5.41) is 7.18. The molecule has 0 bridgehead atoms. The zero-order valence-electron chi connectivity index (χ0n) is 28.2. The first-order chi connectivity index (χ1) is 25.8. The molecule has 12 rings (SSSR count). The molecule has 0 aliphatic heterocycles. The van der Waals surface area contributed by atoms with Crippen LogP contribution < -0.4 is 0 Å². The lowest BCUT2D eigenvalue weighted by Crippen LogP contribution is -2.26. The van der Waals surface area contributed by atoms with E-state index in [-0.39, 0.29) is 0 Å². The summed E-state index contributed by atoms with van der Waals surface area (Å²) < 4.78 is 6.67. The van der Waals surface area contributed by atoms with Crippen LogP contribution in [0.5, 0.6) is 0 Å². The molecule has 240 valence electrons. The van der Waals surface area contributed by atoms with Gasteiger partial charge in [-0.1, -0.05) is 158 Å². The van der Waals surface area contributed by atoms with Crippen molar-refractivity contribution >= 4 is 43.5 Å². The van der Waals surface area contributed by atoms with E-state index in [4.69, 9.17) is 4.42 Å². The third-order valence-corrected chi connectivity index (χ3v) is 11.9. The molecule has 2 aliphatic carbocycles. The molecule has 0 radical (unpaired) electrons. The molecule has 0 saturated heterocycles. The fourth-order valence-electron chi connectivity index (χ4n) is 9.82. The predicted octanol–water partition coefficient (Wildman–Crippen LogP) is 13.6. The lowest BCUT2D eigenvalue weighted by atomic mass is 9.69. The highest BCUT2D eigenvalue weighted by Crippen LogP contribution is 2.65. The quantitative estimate of drug-likeness (QED) is 0.180. The van der Waals surface area contributed by atoms with Gasteiger partial charge in [0, 0.05) is 16.2 Å². The fourth-order valence-corrected chi connectivity index (χ4v) is 9.82. The topological polar surface area (TPSA) is 13.1 Å². The van der Waals surface area contributed by atoms with Gasteiger partial charge in [0.25, 0.3) is 0 Å². The van der Waals surface area contributed by atoms with E-state index in [9.17, 15) is 0 Å². The van der Waals surface area contributed by atoms with Gasteiger partial charge >= 0.3 is 0 Å². The van der Waals surface area contributed by atoms with Gasteiger partial charge in [-0.3, -0.25) is 0 Å². The van der Waals surface area contributed by atoms with E-state index in [0.29, 0.717) is 0 Å². The van der Waals surface area contributed by atoms with Crippen molar-refractivity contribution in [2.45, 2.75) is 5.41 Å². The minimum Gasteiger partial charge on any atom is -0.455 e. The normalized spacial score (nSPS) is 13.5. The van der Waals surface area contributed by atoms with Gasteiger partial charge in [-0.2, -0.15) is 0 Å². The number of hydrogen-bond donors (Lipinski definition) is 0. The standard InChI is InChI=1S/C51H30O/c1-2-14-32(15-3-1)47-35-17-6-5-16-33(35)30-45-49(47)40-27-26-34(29-44(40)51(45)42-22-10-8-19-38(42)39-20-9-11-23-43(39)51)36-21-12-24-46-48(36)41-28-25-31-13-4-7-18-37(31)50(41)52-46/h1-30H. The summed E-state index contributed by atoms with van der Waals surface area (Å²) in [5.74, 6) is 0. The van der Waals surface area contributed by atoms with E-state index >= 15 is 0 Å². The van der Waals surface area contributed by atoms with Crippen molar-refractivity contribution in [3.8, 4) is 44.5 Å². The van der Waals surface area contributed by atoms with E-state index in [1.54, 1.807) is 0 Å². The summed E-state index contributed by atoms with van der Waals surface area (Å²) in [7, 11) is 0. The molecule has 0 amide bonds. The van der Waals surface area contributed by atoms with Crippen molar-refractivity contribution in [1.29, 1.82) is 0 Å². The number of furan rings is 1. The first-order valence-corrected chi connectivity index (χ1v) is 18.1. The van der Waals surface area contributed by atoms with Gasteiger partial charge in [-0.05, 0) is 107 Å². The van der Waals surface area contributed by atoms with Crippen molar-refractivity contribution < 1.29 is 4.42 Å². The molecule has 1 heteroatoms. The Kier molecular flexibility index (Phi) is 5.49. The zero-order chi connectivity index (χ0) is 34.0. The van der Waals surface area contributed by atoms with Crippen LogP contribution in [0.1, 0.15) is 22.3 Å². The molecule has 0 N–H and O–H groups in total. The van der Waals surface area contributed by atoms with Crippen LogP contribution in [0, 0.1) is 0 Å². The van der Waals surface area contributed by atoms with E-state index in [1.165, 1.54) is 82.9 Å². The maximum Gasteiger partial charge on any atom is 0.143 e. The summed E-state index contributed by atoms with van der Waals surface area (Å²) in [6.45, 7) is 0. The Bertz CT molecular complexity index is 3080. The molecule has 0 unspecified atom stereocenters. The number of rotatable bonds is 2. The van der Waals surface area contributed by atoms with Crippen molar-refractivity contribution in [3.63, 3.8) is 0 Å². The Labute approximate surface area is 301 Å². The van der Waals surface area contributed by atoms with Gasteiger partial charge in [0.05, 0.1) is 5.41 Å². The average Bonchev–Trinajstić information content (AvgIpc) is 3.84. The van der Waals surface area contributed by atoms with Crippen molar-refractivity contribution in [1.82, 2.24) is 0 Å². The molecule has 1 aromatic heterocycles. The van der Waals surface area contributed by atoms with E-state index in [2.05, 4.69) is 182 Å². The molecular weight excluding hydrogens is 629 g/mol. The zero-order valence-corrected chi connectivity index (χ0v) is 28.2. The van der Waals surface area contributed by atoms with E-state index in [1.807, 2.05) is 0 Å². The van der Waals surface area contributed by atoms with Gasteiger partial charge in [-0.25, -0.2) is 0 Å². The van der Waals surface area contributed by atoms with Crippen LogP contribution in [0.2, 0.25) is 0 Å². The number of fused-ring (bicyclic) bond motifs is 16. The van der Waals surface area contributed by atoms with Gasteiger partial charge in [0.15, 0.2) is 0 Å². The molecule has 52 heavy (non-hydrogen) atoms. The second-order valence-electron chi connectivity index (χ2n) is 14.3. The molecule has 9 aromatic carbocycles. The molecule has 10 aromatic rings. The molecule has 0 saturated carbocycles. The lowest BCUT2D eigenvalue weighted by molar-refractivity contribution is 0.673. The lowest BCUT2D eigenvalue weighted by Gasteiger charge is -2.31. The highest BCUT2D eigenvalue weighted by molar-refractivity contribution is 6.19. The van der Waals surface area contributed by atoms with Crippen LogP contribution >= 0.6 is 0 Å². The van der Waals surface area contributed by atoms with Gasteiger partial charge in [0.1, 0.15) is 11.2 Å². The predicted molar refractivity (Wildman–Crippen MR) is 216 cm³/mol. The molecule has 1 heterocycles. The number of benzene rings is 9. The maximum atomic E-state index is 6.67. The third kappa shape index (κ3) is 3.48. The van der Waals surface area contributed by atoms with Crippen molar-refractivity contribution in [2.24, 2.45) is 0 Å². The van der Waals surface area contributed by atoms with Crippen LogP contribution in [0.3, 0.4) is 0 Å². The van der Waals surface area contributed by atoms with Crippen LogP contribution in [-0.2, 0) is 5.41 Å². The average molecular weight is 659 g/mol. The Balaban J connectivity index is 1.23. The summed E-state index contributed by atoms with van der Waals surface area (Å²) in [4.78, 5) is 0. The highest BCUT2D eigenvalue weighted by atomic mass is 16.3. The summed E-state index contributed by atoms with van der Waals surface area (Å²) in [6.07, 6.45) is 0. The molecule has 1 spiro atoms. The summed E-state index contributed by atoms with van der Waals surface area (Å²) >= 11 is 0. The Morgan fingerprint density at radius 1 is 0.346 bits per heavy atom. The highest BCUT2D eigenvalue weighted by Gasteiger charge is 2.52.